The van der Waals surface area contributed by atoms with Gasteiger partial charge in [0.2, 0.25) is 5.91 Å². The van der Waals surface area contributed by atoms with Crippen molar-refractivity contribution in [2.45, 2.75) is 44.8 Å². The van der Waals surface area contributed by atoms with E-state index >= 15 is 0 Å². The highest BCUT2D eigenvalue weighted by Crippen LogP contribution is 2.28. The molecule has 1 aliphatic rings. The lowest BCUT2D eigenvalue weighted by Gasteiger charge is -2.33. The maximum atomic E-state index is 12.0. The first-order chi connectivity index (χ1) is 10.8. The van der Waals surface area contributed by atoms with Gasteiger partial charge in [0.05, 0.1) is 13.2 Å². The Morgan fingerprint density at radius 1 is 1.30 bits per heavy atom. The van der Waals surface area contributed by atoms with Gasteiger partial charge in [0.25, 0.3) is 0 Å². The molecule has 1 heterocycles. The van der Waals surface area contributed by atoms with E-state index in [1.54, 1.807) is 7.11 Å². The summed E-state index contributed by atoms with van der Waals surface area (Å²) in [6.45, 7) is 5.83. The third-order valence-electron chi connectivity index (χ3n) is 3.66. The summed E-state index contributed by atoms with van der Waals surface area (Å²) in [6.07, 6.45) is -0.149. The second kappa shape index (κ2) is 6.89. The van der Waals surface area contributed by atoms with Crippen LogP contribution in [0.5, 0.6) is 5.75 Å². The van der Waals surface area contributed by atoms with Crippen molar-refractivity contribution < 1.29 is 21.9 Å². The van der Waals surface area contributed by atoms with Crippen LogP contribution in [0.25, 0.3) is 0 Å². The minimum atomic E-state index is -0.558. The summed E-state index contributed by atoms with van der Waals surface area (Å²) in [5.74, 6) is 0.640. The highest BCUT2D eigenvalue weighted by molar-refractivity contribution is 5.79. The van der Waals surface area contributed by atoms with E-state index in [0.29, 0.717) is 13.0 Å². The van der Waals surface area contributed by atoms with Gasteiger partial charge in [0, 0.05) is 21.7 Å². The molecule has 2 atom stereocenters. The van der Waals surface area contributed by atoms with E-state index in [2.05, 4.69) is 10.6 Å². The van der Waals surface area contributed by atoms with Crippen molar-refractivity contribution in [3.63, 3.8) is 0 Å². The first kappa shape index (κ1) is 17.1. The quantitative estimate of drug-likeness (QED) is 0.896. The van der Waals surface area contributed by atoms with Gasteiger partial charge in [0.1, 0.15) is 11.4 Å². The normalized spacial score (nSPS) is 21.3. The summed E-state index contributed by atoms with van der Waals surface area (Å²) in [6, 6.07) is 7.34. The number of methoxy groups -OCH3 is 1. The number of ether oxygens (including phenoxy) is 2. The zero-order chi connectivity index (χ0) is 17.0. The predicted octanol–water partition coefficient (Wildman–Crippen LogP) is 2.68. The van der Waals surface area contributed by atoms with Gasteiger partial charge in [-0.15, -0.1) is 0 Å². The average Bonchev–Trinajstić information content (AvgIpc) is 2.47. The molecule has 0 bridgehead atoms. The lowest BCUT2D eigenvalue weighted by Crippen LogP contribution is -2.52. The molecule has 0 spiro atoms. The molecule has 2 amide bonds. The van der Waals surface area contributed by atoms with E-state index in [0.717, 1.165) is 11.3 Å². The molecular formula is C17H28N2O4. The Hall–Kier alpha value is -2.24. The molecule has 1 unspecified atom stereocenters. The number of hydrogen-bond donors (Lipinski definition) is 2. The Labute approximate surface area is 139 Å². The van der Waals surface area contributed by atoms with Gasteiger partial charge < -0.3 is 20.1 Å². The summed E-state index contributed by atoms with van der Waals surface area (Å²) < 4.78 is 10.5. The number of benzene rings is 1. The Balaban J connectivity index is 0.00000288. The van der Waals surface area contributed by atoms with Crippen LogP contribution < -0.4 is 15.4 Å². The number of carbonyl (C=O) groups excluding carboxylic acids is 2. The van der Waals surface area contributed by atoms with E-state index < -0.39 is 11.7 Å². The van der Waals surface area contributed by atoms with Crippen molar-refractivity contribution >= 4 is 12.0 Å². The number of alkyl carbamates (subject to hydrolysis) is 1. The molecule has 130 valence electrons. The number of piperidine rings is 1. The minimum absolute atomic E-state index is 0. The average molecular weight is 324 g/mol. The van der Waals surface area contributed by atoms with Gasteiger partial charge >= 0.3 is 6.09 Å². The topological polar surface area (TPSA) is 76.7 Å². The van der Waals surface area contributed by atoms with Crippen LogP contribution in [0.1, 0.15) is 41.5 Å². The van der Waals surface area contributed by atoms with E-state index in [-0.39, 0.29) is 20.7 Å². The van der Waals surface area contributed by atoms with Crippen LogP contribution in [0.2, 0.25) is 0 Å². The minimum Gasteiger partial charge on any atom is -0.497 e. The van der Waals surface area contributed by atoms with Crippen molar-refractivity contribution in [1.82, 2.24) is 10.6 Å². The molecule has 1 aromatic rings. The zero-order valence-corrected chi connectivity index (χ0v) is 14.0. The number of hydrogen-bond acceptors (Lipinski definition) is 4. The first-order valence-electron chi connectivity index (χ1n) is 7.68. The van der Waals surface area contributed by atoms with E-state index in [1.807, 2.05) is 45.0 Å². The van der Waals surface area contributed by atoms with Crippen LogP contribution in [-0.4, -0.2) is 37.3 Å². The standard InChI is InChI=1S/C17H24N2O4.2H2/c1-17(2,3)23-16(21)19-14-10-18-15(20)9-13(14)11-5-7-12(22-4)8-6-11;;/h5-8,13-14H,9-10H2,1-4H3,(H,18,20)(H,19,21);2*1H/t13?,14-;;/m1../s1. The molecular weight excluding hydrogens is 296 g/mol. The van der Waals surface area contributed by atoms with Crippen LogP contribution >= 0.6 is 0 Å². The SMILES string of the molecule is COc1ccc(C2CC(=O)NC[C@H]2NC(=O)OC(C)(C)C)cc1.[HH].[HH]. The van der Waals surface area contributed by atoms with Gasteiger partial charge in [-0.25, -0.2) is 4.79 Å². The van der Waals surface area contributed by atoms with Crippen molar-refractivity contribution in [3.05, 3.63) is 29.8 Å². The van der Waals surface area contributed by atoms with Crippen molar-refractivity contribution in [3.8, 4) is 5.75 Å². The summed E-state index contributed by atoms with van der Waals surface area (Å²) in [5.41, 5.74) is 0.430. The molecule has 0 aliphatic carbocycles. The van der Waals surface area contributed by atoms with E-state index in [4.69, 9.17) is 9.47 Å². The second-order valence-corrected chi connectivity index (χ2v) is 6.64. The van der Waals surface area contributed by atoms with Gasteiger partial charge in [0.15, 0.2) is 0 Å². The largest absolute Gasteiger partial charge is 0.497 e. The van der Waals surface area contributed by atoms with E-state index in [9.17, 15) is 9.59 Å². The molecule has 0 radical (unpaired) electrons. The lowest BCUT2D eigenvalue weighted by molar-refractivity contribution is -0.123. The maximum absolute atomic E-state index is 12.0. The fourth-order valence-corrected chi connectivity index (χ4v) is 2.59. The molecule has 6 heteroatoms. The molecule has 0 aromatic heterocycles. The molecule has 1 aliphatic heterocycles. The van der Waals surface area contributed by atoms with Crippen molar-refractivity contribution in [1.29, 1.82) is 0 Å². The first-order valence-corrected chi connectivity index (χ1v) is 7.68. The highest BCUT2D eigenvalue weighted by atomic mass is 16.6. The fourth-order valence-electron chi connectivity index (χ4n) is 2.59. The summed E-state index contributed by atoms with van der Waals surface area (Å²) in [4.78, 5) is 23.8. The third kappa shape index (κ3) is 4.87. The molecule has 1 saturated heterocycles. The van der Waals surface area contributed by atoms with Crippen LogP contribution in [0, 0.1) is 0 Å². The van der Waals surface area contributed by atoms with Gasteiger partial charge in [-0.1, -0.05) is 12.1 Å². The molecule has 0 saturated carbocycles. The van der Waals surface area contributed by atoms with Crippen LogP contribution in [0.4, 0.5) is 4.79 Å². The predicted molar refractivity (Wildman–Crippen MR) is 90.7 cm³/mol. The number of nitrogens with one attached hydrogen (secondary N) is 2. The smallest absolute Gasteiger partial charge is 0.407 e. The van der Waals surface area contributed by atoms with Crippen LogP contribution in [0.15, 0.2) is 24.3 Å². The monoisotopic (exact) mass is 324 g/mol. The Kier molecular flexibility index (Phi) is 5.13. The number of rotatable bonds is 3. The molecule has 6 nitrogen and oxygen atoms in total. The third-order valence-corrected chi connectivity index (χ3v) is 3.66. The number of carbonyl (C=O) groups is 2. The lowest BCUT2D eigenvalue weighted by atomic mass is 9.85. The Bertz CT molecular complexity index is 573. The van der Waals surface area contributed by atoms with Gasteiger partial charge in [-0.3, -0.25) is 4.79 Å². The molecule has 1 aromatic carbocycles. The maximum Gasteiger partial charge on any atom is 0.407 e. The Morgan fingerprint density at radius 3 is 2.52 bits per heavy atom. The molecule has 1 fully saturated rings. The van der Waals surface area contributed by atoms with Gasteiger partial charge in [-0.2, -0.15) is 0 Å². The van der Waals surface area contributed by atoms with Gasteiger partial charge in [-0.05, 0) is 38.5 Å². The number of amides is 2. The van der Waals surface area contributed by atoms with Crippen molar-refractivity contribution in [2.24, 2.45) is 0 Å². The summed E-state index contributed by atoms with van der Waals surface area (Å²) >= 11 is 0. The van der Waals surface area contributed by atoms with E-state index in [1.165, 1.54) is 0 Å². The van der Waals surface area contributed by atoms with Crippen LogP contribution in [0.3, 0.4) is 0 Å². The molecule has 2 N–H and O–H groups in total. The zero-order valence-electron chi connectivity index (χ0n) is 14.0. The summed E-state index contributed by atoms with van der Waals surface area (Å²) in [5, 5.41) is 5.65. The second-order valence-electron chi connectivity index (χ2n) is 6.64. The highest BCUT2D eigenvalue weighted by Gasteiger charge is 2.32. The summed E-state index contributed by atoms with van der Waals surface area (Å²) in [7, 11) is 1.61. The fraction of sp³-hybridized carbons (Fsp3) is 0.529. The van der Waals surface area contributed by atoms with Crippen LogP contribution in [-0.2, 0) is 9.53 Å². The Morgan fingerprint density at radius 2 is 1.96 bits per heavy atom. The molecule has 2 rings (SSSR count). The molecule has 23 heavy (non-hydrogen) atoms. The van der Waals surface area contributed by atoms with Crippen molar-refractivity contribution in [2.75, 3.05) is 13.7 Å².